The third-order valence-electron chi connectivity index (χ3n) is 8.12. The zero-order valence-electron chi connectivity index (χ0n) is 28.4. The van der Waals surface area contributed by atoms with E-state index in [4.69, 9.17) is 1.37 Å². The van der Waals surface area contributed by atoms with Gasteiger partial charge in [-0.2, -0.15) is 11.3 Å². The molecule has 0 bridgehead atoms. The van der Waals surface area contributed by atoms with Gasteiger partial charge in [0, 0.05) is 39.4 Å². The Labute approximate surface area is 297 Å². The fourth-order valence-electron chi connectivity index (χ4n) is 5.72. The topological polar surface area (TPSA) is 25.8 Å². The Balaban J connectivity index is 0.000000214. The number of benzene rings is 4. The van der Waals surface area contributed by atoms with E-state index in [0.29, 0.717) is 10.3 Å². The van der Waals surface area contributed by atoms with Gasteiger partial charge < -0.3 is 9.97 Å². The third kappa shape index (κ3) is 7.37. The Morgan fingerprint density at radius 2 is 1.55 bits per heavy atom. The van der Waals surface area contributed by atoms with E-state index < -0.39 is 14.0 Å². The number of nitrogens with zero attached hydrogens (tertiary/aromatic N) is 2. The maximum atomic E-state index is 15.5. The average Bonchev–Trinajstić information content (AvgIpc) is 3.45. The van der Waals surface area contributed by atoms with E-state index in [9.17, 15) is 0 Å². The average molecular weight is 830 g/mol. The maximum Gasteiger partial charge on any atom is 0.147 e. The minimum atomic E-state index is -1.27. The molecule has 0 saturated heterocycles. The molecule has 0 spiro atoms. The van der Waals surface area contributed by atoms with Gasteiger partial charge in [0.2, 0.25) is 0 Å². The fraction of sp³-hybridized carbons (Fsp3) is 0.171. The van der Waals surface area contributed by atoms with Crippen LogP contribution in [0.5, 0.6) is 0 Å². The zero-order chi connectivity index (χ0) is 33.3. The van der Waals surface area contributed by atoms with E-state index in [1.165, 1.54) is 22.1 Å². The fourth-order valence-corrected chi connectivity index (χ4v) is 8.67. The van der Waals surface area contributed by atoms with Crippen LogP contribution in [-0.2, 0) is 20.1 Å². The van der Waals surface area contributed by atoms with E-state index in [1.807, 2.05) is 98.8 Å². The van der Waals surface area contributed by atoms with Crippen molar-refractivity contribution in [2.75, 3.05) is 0 Å². The van der Waals surface area contributed by atoms with Crippen LogP contribution in [0.15, 0.2) is 109 Å². The summed E-state index contributed by atoms with van der Waals surface area (Å²) in [5, 5.41) is 3.34. The van der Waals surface area contributed by atoms with Crippen LogP contribution in [0.2, 0.25) is 19.6 Å². The molecule has 0 N–H and O–H groups in total. The summed E-state index contributed by atoms with van der Waals surface area (Å²) in [5.74, 6) is -0.914. The van der Waals surface area contributed by atoms with Crippen molar-refractivity contribution in [3.63, 3.8) is 0 Å². The molecule has 0 atom stereocenters. The summed E-state index contributed by atoms with van der Waals surface area (Å²) >= 11 is 1.44. The van der Waals surface area contributed by atoms with Crippen molar-refractivity contribution in [2.24, 2.45) is 0 Å². The van der Waals surface area contributed by atoms with Gasteiger partial charge in [-0.25, -0.2) is 4.39 Å². The van der Waals surface area contributed by atoms with E-state index in [0.717, 1.165) is 49.1 Å². The monoisotopic (exact) mass is 830 g/mol. The molecule has 2 nitrogen and oxygen atoms in total. The number of rotatable bonds is 5. The summed E-state index contributed by atoms with van der Waals surface area (Å²) in [6.45, 7) is 13.0. The molecule has 0 unspecified atom stereocenters. The molecule has 3 aromatic heterocycles. The molecule has 0 fully saturated rings. The summed E-state index contributed by atoms with van der Waals surface area (Å²) in [6.07, 6.45) is 3.78. The van der Waals surface area contributed by atoms with Gasteiger partial charge >= 0.3 is 0 Å². The van der Waals surface area contributed by atoms with Crippen LogP contribution in [0.1, 0.15) is 32.2 Å². The normalized spacial score (nSPS) is 11.9. The smallest absolute Gasteiger partial charge is 0.147 e. The molecular formula is C41H37FIrN2SSi-2. The maximum absolute atomic E-state index is 15.5. The summed E-state index contributed by atoms with van der Waals surface area (Å²) in [7, 11) is -1.27. The predicted molar refractivity (Wildman–Crippen MR) is 197 cm³/mol. The molecule has 0 aliphatic heterocycles. The molecule has 7 aromatic rings. The molecule has 6 heteroatoms. The molecule has 7 rings (SSSR count). The van der Waals surface area contributed by atoms with E-state index >= 15 is 4.39 Å². The molecule has 0 aliphatic carbocycles. The molecule has 3 heterocycles. The van der Waals surface area contributed by atoms with Gasteiger partial charge in [-0.1, -0.05) is 105 Å². The second kappa shape index (κ2) is 14.5. The van der Waals surface area contributed by atoms with Crippen molar-refractivity contribution in [3.05, 3.63) is 139 Å². The number of halogens is 1. The second-order valence-corrected chi connectivity index (χ2v) is 18.8. The third-order valence-corrected chi connectivity index (χ3v) is 11.5. The number of pyridine rings is 2. The Kier molecular flexibility index (Phi) is 10.2. The summed E-state index contributed by atoms with van der Waals surface area (Å²) in [4.78, 5) is 9.11. The van der Waals surface area contributed by atoms with Crippen LogP contribution in [0.4, 0.5) is 4.39 Å². The number of hydrogen-bond donors (Lipinski definition) is 0. The van der Waals surface area contributed by atoms with Gasteiger partial charge in [-0.05, 0) is 51.1 Å². The van der Waals surface area contributed by atoms with E-state index in [1.54, 1.807) is 6.20 Å². The number of aromatic nitrogens is 2. The Hall–Kier alpha value is -3.80. The van der Waals surface area contributed by atoms with Crippen molar-refractivity contribution in [1.82, 2.24) is 9.97 Å². The minimum Gasteiger partial charge on any atom is -0.305 e. The van der Waals surface area contributed by atoms with E-state index in [-0.39, 0.29) is 25.9 Å². The van der Waals surface area contributed by atoms with Crippen LogP contribution in [-0.4, -0.2) is 18.0 Å². The van der Waals surface area contributed by atoms with Crippen LogP contribution < -0.4 is 5.19 Å². The quantitative estimate of drug-likeness (QED) is 0.128. The van der Waals surface area contributed by atoms with Gasteiger partial charge in [-0.3, -0.25) is 0 Å². The first-order chi connectivity index (χ1) is 22.4. The van der Waals surface area contributed by atoms with Gasteiger partial charge in [0.25, 0.3) is 0 Å². The molecule has 0 amide bonds. The van der Waals surface area contributed by atoms with Crippen LogP contribution in [0.25, 0.3) is 53.8 Å². The van der Waals surface area contributed by atoms with Crippen molar-refractivity contribution in [2.45, 2.75) is 46.3 Å². The Morgan fingerprint density at radius 3 is 2.23 bits per heavy atom. The number of thiophene rings is 1. The molecule has 239 valence electrons. The number of aryl methyl sites for hydroxylation is 1. The van der Waals surface area contributed by atoms with Crippen LogP contribution in [0.3, 0.4) is 0 Å². The molecule has 0 saturated carbocycles. The first-order valence-corrected chi connectivity index (χ1v) is 19.8. The van der Waals surface area contributed by atoms with Crippen LogP contribution in [0, 0.1) is 24.9 Å². The van der Waals surface area contributed by atoms with Crippen molar-refractivity contribution in [1.29, 1.82) is 0 Å². The van der Waals surface area contributed by atoms with E-state index in [2.05, 4.69) is 67.0 Å². The zero-order valence-corrected chi connectivity index (χ0v) is 31.6. The van der Waals surface area contributed by atoms with Gasteiger partial charge in [-0.15, -0.1) is 59.7 Å². The SMILES string of the molecule is Cc1cc(-c2[c-]cccc2)ncc1[Si](C)(C)C.[2H]C(C)(C)c1ccnc(-c2[c-]ccc3c2sc2c(F)c(-c4ccccc4)ccc23)c1.[Ir]. The van der Waals surface area contributed by atoms with Crippen molar-refractivity contribution >= 4 is 44.8 Å². The Morgan fingerprint density at radius 1 is 0.809 bits per heavy atom. The summed E-state index contributed by atoms with van der Waals surface area (Å²) in [5.41, 5.74) is 7.41. The largest absolute Gasteiger partial charge is 0.305 e. The molecule has 47 heavy (non-hydrogen) atoms. The van der Waals surface area contributed by atoms with Gasteiger partial charge in [0.1, 0.15) is 5.82 Å². The first-order valence-electron chi connectivity index (χ1n) is 15.9. The van der Waals surface area contributed by atoms with Crippen LogP contribution >= 0.6 is 11.3 Å². The van der Waals surface area contributed by atoms with Crippen molar-refractivity contribution in [3.8, 4) is 33.6 Å². The standard InChI is InChI=1S/C26H19FNS.C15H18NSi.Ir/c1-16(2)18-13-14-28-23(15-18)22-10-6-9-20-21-12-11-19(17-7-4-3-5-8-17)24(27)26(21)29-25(20)22;1-12-10-14(13-8-6-5-7-9-13)16-11-15(12)17(2,3)4;/h3-9,11-16H,1-2H3;5-8,10-11H,1-4H3;/q2*-1;/i16D;;. The molecular weight excluding hydrogens is 792 g/mol. The molecule has 0 aliphatic rings. The first kappa shape index (κ1) is 33.1. The summed E-state index contributed by atoms with van der Waals surface area (Å²) < 4.78 is 25.4. The van der Waals surface area contributed by atoms with Gasteiger partial charge in [0.15, 0.2) is 0 Å². The molecule has 4 aromatic carbocycles. The molecule has 1 radical (unpaired) electrons. The second-order valence-electron chi connectivity index (χ2n) is 12.7. The number of fused-ring (bicyclic) bond motifs is 3. The van der Waals surface area contributed by atoms with Gasteiger partial charge in [0.05, 0.1) is 12.8 Å². The summed E-state index contributed by atoms with van der Waals surface area (Å²) in [6, 6.07) is 37.8. The number of hydrogen-bond acceptors (Lipinski definition) is 3. The predicted octanol–water partition coefficient (Wildman–Crippen LogP) is 11.2. The minimum absolute atomic E-state index is 0. The Bertz CT molecular complexity index is 2190. The van der Waals surface area contributed by atoms with Crippen molar-refractivity contribution < 1.29 is 25.9 Å².